The second-order valence-electron chi connectivity index (χ2n) is 4.89. The molecule has 1 aliphatic rings. The Labute approximate surface area is 100 Å². The highest BCUT2D eigenvalue weighted by atomic mass is 35.5. The van der Waals surface area contributed by atoms with Crippen molar-refractivity contribution in [3.63, 3.8) is 0 Å². The third-order valence-electron chi connectivity index (χ3n) is 3.26. The van der Waals surface area contributed by atoms with Crippen LogP contribution in [0.25, 0.3) is 0 Å². The first-order valence-electron chi connectivity index (χ1n) is 5.44. The van der Waals surface area contributed by atoms with Gasteiger partial charge in [0.15, 0.2) is 0 Å². The Bertz CT molecular complexity index is 418. The van der Waals surface area contributed by atoms with Crippen molar-refractivity contribution in [2.75, 3.05) is 17.2 Å². The largest absolute Gasteiger partial charge is 0.397 e. The van der Waals surface area contributed by atoms with E-state index in [2.05, 4.69) is 18.7 Å². The Morgan fingerprint density at radius 3 is 2.69 bits per heavy atom. The number of nitrogen functional groups attached to an aromatic ring is 1. The van der Waals surface area contributed by atoms with Crippen molar-refractivity contribution >= 4 is 23.0 Å². The van der Waals surface area contributed by atoms with Crippen LogP contribution in [0.15, 0.2) is 12.1 Å². The van der Waals surface area contributed by atoms with Gasteiger partial charge in [0.2, 0.25) is 0 Å². The van der Waals surface area contributed by atoms with Gasteiger partial charge in [0.25, 0.3) is 0 Å². The zero-order valence-electron chi connectivity index (χ0n) is 9.56. The van der Waals surface area contributed by atoms with Crippen LogP contribution in [0.1, 0.15) is 26.7 Å². The highest BCUT2D eigenvalue weighted by molar-refractivity contribution is 6.31. The molecule has 0 unspecified atom stereocenters. The Hall–Kier alpha value is -0.960. The molecule has 88 valence electrons. The van der Waals surface area contributed by atoms with Crippen LogP contribution in [-0.2, 0) is 0 Å². The molecule has 1 aromatic rings. The number of benzene rings is 1. The van der Waals surface area contributed by atoms with Gasteiger partial charge in [0.05, 0.1) is 16.4 Å². The minimum absolute atomic E-state index is 0.0361. The highest BCUT2D eigenvalue weighted by Crippen LogP contribution is 2.38. The second-order valence-corrected chi connectivity index (χ2v) is 5.30. The minimum Gasteiger partial charge on any atom is -0.397 e. The Balaban J connectivity index is 2.44. The van der Waals surface area contributed by atoms with Gasteiger partial charge in [-0.05, 0) is 32.8 Å². The summed E-state index contributed by atoms with van der Waals surface area (Å²) in [5.74, 6) is -0.409. The summed E-state index contributed by atoms with van der Waals surface area (Å²) in [6.07, 6.45) is 2.20. The van der Waals surface area contributed by atoms with E-state index in [1.165, 1.54) is 12.1 Å². The van der Waals surface area contributed by atoms with Crippen molar-refractivity contribution in [1.82, 2.24) is 0 Å². The molecule has 0 spiro atoms. The lowest BCUT2D eigenvalue weighted by Gasteiger charge is -2.34. The van der Waals surface area contributed by atoms with Crippen molar-refractivity contribution in [3.8, 4) is 0 Å². The molecule has 0 radical (unpaired) electrons. The van der Waals surface area contributed by atoms with Gasteiger partial charge in [-0.15, -0.1) is 0 Å². The Morgan fingerprint density at radius 2 is 2.12 bits per heavy atom. The molecule has 0 atom stereocenters. The molecule has 2 nitrogen and oxygen atoms in total. The topological polar surface area (TPSA) is 29.3 Å². The molecule has 2 rings (SSSR count). The normalized spacial score (nSPS) is 19.1. The Kier molecular flexibility index (Phi) is 2.74. The zero-order valence-corrected chi connectivity index (χ0v) is 10.3. The van der Waals surface area contributed by atoms with Crippen LogP contribution in [0.2, 0.25) is 5.02 Å². The molecule has 1 heterocycles. The SMILES string of the molecule is CC1(C)CCCN1c1cc(F)c(Cl)cc1N. The molecule has 2 N–H and O–H groups in total. The van der Waals surface area contributed by atoms with E-state index >= 15 is 0 Å². The van der Waals surface area contributed by atoms with Gasteiger partial charge < -0.3 is 10.6 Å². The summed E-state index contributed by atoms with van der Waals surface area (Å²) in [6, 6.07) is 2.92. The second kappa shape index (κ2) is 3.81. The molecule has 1 saturated heterocycles. The van der Waals surface area contributed by atoms with E-state index in [0.29, 0.717) is 5.69 Å². The third kappa shape index (κ3) is 1.84. The third-order valence-corrected chi connectivity index (χ3v) is 3.55. The van der Waals surface area contributed by atoms with E-state index in [9.17, 15) is 4.39 Å². The van der Waals surface area contributed by atoms with Crippen molar-refractivity contribution in [2.24, 2.45) is 0 Å². The molecule has 0 saturated carbocycles. The number of rotatable bonds is 1. The van der Waals surface area contributed by atoms with Crippen molar-refractivity contribution < 1.29 is 4.39 Å². The maximum Gasteiger partial charge on any atom is 0.144 e. The number of nitrogens with two attached hydrogens (primary N) is 1. The number of anilines is 2. The summed E-state index contributed by atoms with van der Waals surface area (Å²) in [5.41, 5.74) is 7.23. The molecule has 1 aliphatic heterocycles. The maximum atomic E-state index is 13.5. The van der Waals surface area contributed by atoms with Crippen LogP contribution >= 0.6 is 11.6 Å². The first-order valence-corrected chi connectivity index (χ1v) is 5.82. The van der Waals surface area contributed by atoms with Gasteiger partial charge in [-0.2, -0.15) is 0 Å². The van der Waals surface area contributed by atoms with E-state index in [0.717, 1.165) is 25.1 Å². The number of hydrogen-bond acceptors (Lipinski definition) is 2. The molecular formula is C12H16ClFN2. The van der Waals surface area contributed by atoms with Crippen LogP contribution in [0, 0.1) is 5.82 Å². The van der Waals surface area contributed by atoms with Crippen LogP contribution in [0.3, 0.4) is 0 Å². The maximum absolute atomic E-state index is 13.5. The van der Waals surface area contributed by atoms with Crippen LogP contribution < -0.4 is 10.6 Å². The van der Waals surface area contributed by atoms with E-state index in [1.807, 2.05) is 0 Å². The minimum atomic E-state index is -0.409. The van der Waals surface area contributed by atoms with Crippen LogP contribution in [0.4, 0.5) is 15.8 Å². The molecule has 0 aromatic heterocycles. The molecule has 0 aliphatic carbocycles. The fourth-order valence-electron chi connectivity index (χ4n) is 2.34. The van der Waals surface area contributed by atoms with Crippen molar-refractivity contribution in [1.29, 1.82) is 0 Å². The van der Waals surface area contributed by atoms with E-state index in [4.69, 9.17) is 17.3 Å². The lowest BCUT2D eigenvalue weighted by molar-refractivity contribution is 0.517. The molecule has 16 heavy (non-hydrogen) atoms. The monoisotopic (exact) mass is 242 g/mol. The summed E-state index contributed by atoms with van der Waals surface area (Å²) in [6.45, 7) is 5.20. The Morgan fingerprint density at radius 1 is 1.44 bits per heavy atom. The summed E-state index contributed by atoms with van der Waals surface area (Å²) in [5, 5.41) is 0.0817. The van der Waals surface area contributed by atoms with Crippen LogP contribution in [-0.4, -0.2) is 12.1 Å². The summed E-state index contributed by atoms with van der Waals surface area (Å²) < 4.78 is 13.5. The number of nitrogens with zero attached hydrogens (tertiary/aromatic N) is 1. The van der Waals surface area contributed by atoms with Crippen molar-refractivity contribution in [3.05, 3.63) is 23.0 Å². The smallest absolute Gasteiger partial charge is 0.144 e. The molecule has 4 heteroatoms. The standard InChI is InChI=1S/C12H16ClFN2/c1-12(2)4-3-5-16(12)11-7-9(14)8(13)6-10(11)15/h6-7H,3-5,15H2,1-2H3. The predicted molar refractivity (Wildman–Crippen MR) is 66.5 cm³/mol. The van der Waals surface area contributed by atoms with Gasteiger partial charge in [-0.1, -0.05) is 11.6 Å². The fourth-order valence-corrected chi connectivity index (χ4v) is 2.51. The molecule has 1 fully saturated rings. The van der Waals surface area contributed by atoms with Gasteiger partial charge in [-0.3, -0.25) is 0 Å². The summed E-state index contributed by atoms with van der Waals surface area (Å²) in [7, 11) is 0. The first kappa shape index (κ1) is 11.5. The summed E-state index contributed by atoms with van der Waals surface area (Å²) >= 11 is 5.69. The lowest BCUT2D eigenvalue weighted by atomic mass is 10.0. The predicted octanol–water partition coefficient (Wildman–Crippen LogP) is 3.44. The lowest BCUT2D eigenvalue weighted by Crippen LogP contribution is -2.38. The zero-order chi connectivity index (χ0) is 11.9. The fraction of sp³-hybridized carbons (Fsp3) is 0.500. The summed E-state index contributed by atoms with van der Waals surface area (Å²) in [4.78, 5) is 2.15. The molecular weight excluding hydrogens is 227 g/mol. The molecule has 1 aromatic carbocycles. The van der Waals surface area contributed by atoms with Crippen LogP contribution in [0.5, 0.6) is 0 Å². The van der Waals surface area contributed by atoms with Gasteiger partial charge in [0.1, 0.15) is 5.82 Å². The van der Waals surface area contributed by atoms with E-state index < -0.39 is 5.82 Å². The van der Waals surface area contributed by atoms with E-state index in [-0.39, 0.29) is 10.6 Å². The average molecular weight is 243 g/mol. The number of halogens is 2. The van der Waals surface area contributed by atoms with Gasteiger partial charge >= 0.3 is 0 Å². The number of hydrogen-bond donors (Lipinski definition) is 1. The average Bonchev–Trinajstić information content (AvgIpc) is 2.52. The van der Waals surface area contributed by atoms with E-state index in [1.54, 1.807) is 0 Å². The van der Waals surface area contributed by atoms with Crippen molar-refractivity contribution in [2.45, 2.75) is 32.2 Å². The molecule has 0 amide bonds. The highest BCUT2D eigenvalue weighted by Gasteiger charge is 2.33. The quantitative estimate of drug-likeness (QED) is 0.765. The first-order chi connectivity index (χ1) is 7.42. The van der Waals surface area contributed by atoms with Gasteiger partial charge in [-0.25, -0.2) is 4.39 Å². The van der Waals surface area contributed by atoms with Gasteiger partial charge in [0, 0.05) is 18.2 Å². The molecule has 0 bridgehead atoms.